The van der Waals surface area contributed by atoms with Crippen molar-refractivity contribution >= 4 is 22.2 Å². The lowest BCUT2D eigenvalue weighted by molar-refractivity contribution is 0.0904. The van der Waals surface area contributed by atoms with Gasteiger partial charge in [0.15, 0.2) is 4.96 Å². The van der Waals surface area contributed by atoms with Gasteiger partial charge in [0.25, 0.3) is 5.91 Å². The van der Waals surface area contributed by atoms with Crippen LogP contribution in [0.2, 0.25) is 0 Å². The molecule has 5 nitrogen and oxygen atoms in total. The summed E-state index contributed by atoms with van der Waals surface area (Å²) in [6.07, 6.45) is 5.20. The van der Waals surface area contributed by atoms with Gasteiger partial charge in [0.2, 0.25) is 0 Å². The van der Waals surface area contributed by atoms with Crippen LogP contribution >= 0.6 is 11.3 Å². The number of hydrogen-bond acceptors (Lipinski definition) is 4. The maximum absolute atomic E-state index is 13.3. The summed E-state index contributed by atoms with van der Waals surface area (Å²) >= 11 is 1.49. The molecule has 0 atom stereocenters. The van der Waals surface area contributed by atoms with Crippen molar-refractivity contribution in [3.8, 4) is 0 Å². The first-order valence-electron chi connectivity index (χ1n) is 8.47. The molecule has 1 saturated heterocycles. The fraction of sp³-hybridized carbons (Fsp3) is 0.333. The van der Waals surface area contributed by atoms with E-state index < -0.39 is 11.6 Å². The number of thiazole rings is 1. The van der Waals surface area contributed by atoms with E-state index in [1.165, 1.54) is 23.5 Å². The number of aromatic nitrogens is 2. The average molecular weight is 376 g/mol. The molecule has 2 aromatic heterocycles. The largest absolute Gasteiger partial charge is 0.348 e. The Hall–Kier alpha value is -2.32. The molecule has 136 valence electrons. The summed E-state index contributed by atoms with van der Waals surface area (Å²) in [5.74, 6) is -1.27. The van der Waals surface area contributed by atoms with Crippen molar-refractivity contribution in [3.05, 3.63) is 58.9 Å². The smallest absolute Gasteiger partial charge is 0.271 e. The normalized spacial score (nSPS) is 16.2. The number of fused-ring (bicyclic) bond motifs is 1. The van der Waals surface area contributed by atoms with E-state index in [0.29, 0.717) is 17.8 Å². The van der Waals surface area contributed by atoms with E-state index in [4.69, 9.17) is 0 Å². The first-order chi connectivity index (χ1) is 12.6. The predicted molar refractivity (Wildman–Crippen MR) is 95.2 cm³/mol. The Labute approximate surface area is 153 Å². The van der Waals surface area contributed by atoms with Crippen LogP contribution in [0.4, 0.5) is 8.78 Å². The van der Waals surface area contributed by atoms with Crippen LogP contribution in [-0.4, -0.2) is 39.3 Å². The van der Waals surface area contributed by atoms with Crippen molar-refractivity contribution in [3.63, 3.8) is 0 Å². The van der Waals surface area contributed by atoms with Crippen LogP contribution in [0.25, 0.3) is 4.96 Å². The molecule has 8 heteroatoms. The first kappa shape index (κ1) is 17.1. The Kier molecular flexibility index (Phi) is 4.69. The molecule has 0 saturated carbocycles. The average Bonchev–Trinajstić information content (AvgIpc) is 3.17. The van der Waals surface area contributed by atoms with Gasteiger partial charge in [0, 0.05) is 49.5 Å². The zero-order valence-electron chi connectivity index (χ0n) is 14.0. The quantitative estimate of drug-likeness (QED) is 0.761. The monoisotopic (exact) mass is 376 g/mol. The van der Waals surface area contributed by atoms with Crippen LogP contribution in [0.15, 0.2) is 36.0 Å². The molecule has 26 heavy (non-hydrogen) atoms. The number of rotatable bonds is 4. The van der Waals surface area contributed by atoms with Crippen LogP contribution in [0.5, 0.6) is 0 Å². The van der Waals surface area contributed by atoms with Crippen LogP contribution in [0, 0.1) is 11.6 Å². The van der Waals surface area contributed by atoms with E-state index >= 15 is 0 Å². The number of halogens is 2. The molecule has 0 radical (unpaired) electrons. The van der Waals surface area contributed by atoms with Crippen LogP contribution in [0.3, 0.4) is 0 Å². The van der Waals surface area contributed by atoms with Gasteiger partial charge in [-0.25, -0.2) is 13.8 Å². The molecule has 0 bridgehead atoms. The van der Waals surface area contributed by atoms with Crippen molar-refractivity contribution in [2.24, 2.45) is 0 Å². The zero-order chi connectivity index (χ0) is 18.1. The van der Waals surface area contributed by atoms with Crippen molar-refractivity contribution in [2.75, 3.05) is 13.1 Å². The van der Waals surface area contributed by atoms with Gasteiger partial charge < -0.3 is 5.32 Å². The van der Waals surface area contributed by atoms with Gasteiger partial charge in [-0.15, -0.1) is 11.3 Å². The number of imidazole rings is 1. The number of hydrogen-bond donors (Lipinski definition) is 1. The van der Waals surface area contributed by atoms with Crippen molar-refractivity contribution in [1.82, 2.24) is 19.6 Å². The third-order valence-electron chi connectivity index (χ3n) is 4.58. The van der Waals surface area contributed by atoms with E-state index in [-0.39, 0.29) is 11.9 Å². The molecule has 1 N–H and O–H groups in total. The second-order valence-electron chi connectivity index (χ2n) is 6.52. The Morgan fingerprint density at radius 1 is 1.23 bits per heavy atom. The number of carbonyl (C=O) groups excluding carboxylic acids is 1. The maximum Gasteiger partial charge on any atom is 0.271 e. The Morgan fingerprint density at radius 2 is 1.96 bits per heavy atom. The van der Waals surface area contributed by atoms with Gasteiger partial charge in [-0.1, -0.05) is 0 Å². The number of nitrogens with one attached hydrogen (secondary N) is 1. The Bertz CT molecular complexity index is 882. The molecular formula is C18H18F2N4OS. The summed E-state index contributed by atoms with van der Waals surface area (Å²) in [5, 5.41) is 4.95. The van der Waals surface area contributed by atoms with Gasteiger partial charge in [-0.3, -0.25) is 14.1 Å². The number of carbonyl (C=O) groups is 1. The molecule has 1 aliphatic rings. The summed E-state index contributed by atoms with van der Waals surface area (Å²) in [4.78, 5) is 19.6. The van der Waals surface area contributed by atoms with E-state index in [9.17, 15) is 13.6 Å². The van der Waals surface area contributed by atoms with Gasteiger partial charge in [-0.2, -0.15) is 0 Å². The molecule has 1 aliphatic heterocycles. The summed E-state index contributed by atoms with van der Waals surface area (Å²) in [6, 6.07) is 3.69. The third kappa shape index (κ3) is 3.76. The number of piperidine rings is 1. The molecule has 1 amide bonds. The minimum atomic E-state index is -0.554. The third-order valence-corrected chi connectivity index (χ3v) is 5.35. The summed E-state index contributed by atoms with van der Waals surface area (Å²) in [5.41, 5.74) is 1.05. The van der Waals surface area contributed by atoms with E-state index in [0.717, 1.165) is 37.0 Å². The minimum Gasteiger partial charge on any atom is -0.348 e. The lowest BCUT2D eigenvalue weighted by atomic mass is 10.0. The molecule has 3 aromatic rings. The second kappa shape index (κ2) is 7.13. The first-order valence-corrected chi connectivity index (χ1v) is 9.35. The fourth-order valence-electron chi connectivity index (χ4n) is 3.29. The summed E-state index contributed by atoms with van der Waals surface area (Å²) in [6.45, 7) is 2.04. The summed E-state index contributed by atoms with van der Waals surface area (Å²) in [7, 11) is 0. The van der Waals surface area contributed by atoms with E-state index in [1.807, 2.05) is 16.0 Å². The highest BCUT2D eigenvalue weighted by atomic mass is 32.1. The number of amides is 1. The van der Waals surface area contributed by atoms with Gasteiger partial charge in [0.05, 0.1) is 0 Å². The molecule has 0 aliphatic carbocycles. The standard InChI is InChI=1S/C18H18F2N4OS/c19-13-7-12(8-14(20)9-13)10-23-3-1-15(2-4-23)21-17(25)16-11-24-5-6-26-18(24)22-16/h5-9,11,15H,1-4,10H2,(H,21,25). The highest BCUT2D eigenvalue weighted by Gasteiger charge is 2.22. The SMILES string of the molecule is O=C(NC1CCN(Cc2cc(F)cc(F)c2)CC1)c1cn2ccsc2n1. The number of nitrogens with zero attached hydrogens (tertiary/aromatic N) is 3. The van der Waals surface area contributed by atoms with E-state index in [1.54, 1.807) is 6.20 Å². The fourth-order valence-corrected chi connectivity index (χ4v) is 3.99. The number of likely N-dealkylation sites (tertiary alicyclic amines) is 1. The van der Waals surface area contributed by atoms with Gasteiger partial charge in [-0.05, 0) is 30.5 Å². The lowest BCUT2D eigenvalue weighted by Crippen LogP contribution is -2.44. The van der Waals surface area contributed by atoms with Gasteiger partial charge in [0.1, 0.15) is 17.3 Å². The van der Waals surface area contributed by atoms with Crippen molar-refractivity contribution in [1.29, 1.82) is 0 Å². The molecule has 1 fully saturated rings. The lowest BCUT2D eigenvalue weighted by Gasteiger charge is -2.32. The Balaban J connectivity index is 1.30. The van der Waals surface area contributed by atoms with Crippen LogP contribution in [-0.2, 0) is 6.54 Å². The minimum absolute atomic E-state index is 0.0859. The predicted octanol–water partition coefficient (Wildman–Crippen LogP) is 3.07. The molecule has 0 spiro atoms. The van der Waals surface area contributed by atoms with Crippen molar-refractivity contribution in [2.45, 2.75) is 25.4 Å². The molecule has 3 heterocycles. The Morgan fingerprint density at radius 3 is 2.65 bits per heavy atom. The molecule has 4 rings (SSSR count). The van der Waals surface area contributed by atoms with E-state index in [2.05, 4.69) is 15.2 Å². The van der Waals surface area contributed by atoms with Crippen LogP contribution < -0.4 is 5.32 Å². The molecule has 0 unspecified atom stereocenters. The highest BCUT2D eigenvalue weighted by Crippen LogP contribution is 2.17. The second-order valence-corrected chi connectivity index (χ2v) is 7.39. The maximum atomic E-state index is 13.3. The van der Waals surface area contributed by atoms with Gasteiger partial charge >= 0.3 is 0 Å². The topological polar surface area (TPSA) is 49.6 Å². The summed E-state index contributed by atoms with van der Waals surface area (Å²) < 4.78 is 28.4. The van der Waals surface area contributed by atoms with Crippen molar-refractivity contribution < 1.29 is 13.6 Å². The number of benzene rings is 1. The van der Waals surface area contributed by atoms with Crippen LogP contribution in [0.1, 0.15) is 28.9 Å². The highest BCUT2D eigenvalue weighted by molar-refractivity contribution is 7.15. The molecular weight excluding hydrogens is 358 g/mol. The zero-order valence-corrected chi connectivity index (χ0v) is 14.8. The molecule has 1 aromatic carbocycles.